The van der Waals surface area contributed by atoms with Crippen LogP contribution in [-0.2, 0) is 9.53 Å². The van der Waals surface area contributed by atoms with Gasteiger partial charge in [-0.3, -0.25) is 14.6 Å². The van der Waals surface area contributed by atoms with Crippen LogP contribution in [0.2, 0.25) is 0 Å². The van der Waals surface area contributed by atoms with Crippen LogP contribution in [0.15, 0.2) is 48.9 Å². The van der Waals surface area contributed by atoms with Crippen molar-refractivity contribution in [3.8, 4) is 5.75 Å². The lowest BCUT2D eigenvalue weighted by Gasteiger charge is -2.26. The molecule has 0 radical (unpaired) electrons. The largest absolute Gasteiger partial charge is 0.494 e. The monoisotopic (exact) mass is 416 g/mol. The summed E-state index contributed by atoms with van der Waals surface area (Å²) in [5.41, 5.74) is 0.0357. The number of carbonyl (C=O) groups excluding carboxylic acids is 2. The Morgan fingerprint density at radius 3 is 2.50 bits per heavy atom. The third kappa shape index (κ3) is 7.10. The quantitative estimate of drug-likeness (QED) is 0.362. The maximum Gasteiger partial charge on any atom is 0.475 e. The molecule has 0 saturated heterocycles. The molecular weight excluding hydrogens is 391 g/mol. The van der Waals surface area contributed by atoms with Crippen molar-refractivity contribution >= 4 is 18.9 Å². The predicted octanol–water partition coefficient (Wildman–Crippen LogP) is -0.424. The lowest BCUT2D eigenvalue weighted by molar-refractivity contribution is -0.126. The summed E-state index contributed by atoms with van der Waals surface area (Å²) in [7, 11) is -0.423. The highest BCUT2D eigenvalue weighted by Gasteiger charge is 2.32. The number of nitrogens with one attached hydrogen (secondary N) is 2. The summed E-state index contributed by atoms with van der Waals surface area (Å²) < 4.78 is 10.7. The van der Waals surface area contributed by atoms with Gasteiger partial charge in [0, 0.05) is 25.9 Å². The number of benzene rings is 1. The summed E-state index contributed by atoms with van der Waals surface area (Å²) in [6, 6.07) is 7.90. The summed E-state index contributed by atoms with van der Waals surface area (Å²) in [5, 5.41) is 24.4. The number of ether oxygens (including phenoxy) is 2. The van der Waals surface area contributed by atoms with Gasteiger partial charge in [-0.15, -0.1) is 0 Å². The van der Waals surface area contributed by atoms with Crippen molar-refractivity contribution in [2.24, 2.45) is 0 Å². The molecule has 1 aromatic carbocycles. The van der Waals surface area contributed by atoms with E-state index in [-0.39, 0.29) is 18.7 Å². The van der Waals surface area contributed by atoms with E-state index in [0.29, 0.717) is 5.75 Å². The number of rotatable bonds is 11. The Bertz CT molecular complexity index is 796. The van der Waals surface area contributed by atoms with Crippen molar-refractivity contribution in [3.63, 3.8) is 0 Å². The molecule has 10 nitrogen and oxygen atoms in total. The third-order valence-corrected chi connectivity index (χ3v) is 4.33. The fourth-order valence-corrected chi connectivity index (χ4v) is 2.55. The van der Waals surface area contributed by atoms with Crippen LogP contribution in [0.3, 0.4) is 0 Å². The summed E-state index contributed by atoms with van der Waals surface area (Å²) in [5.74, 6) is -1.64. The Morgan fingerprint density at radius 1 is 1.17 bits per heavy atom. The number of amides is 2. The van der Waals surface area contributed by atoms with Crippen molar-refractivity contribution < 1.29 is 29.1 Å². The van der Waals surface area contributed by atoms with Crippen LogP contribution < -0.4 is 15.4 Å². The molecule has 0 aliphatic rings. The van der Waals surface area contributed by atoms with E-state index in [4.69, 9.17) is 9.47 Å². The zero-order valence-electron chi connectivity index (χ0n) is 16.8. The molecule has 0 aliphatic heterocycles. The molecule has 3 atom stereocenters. The van der Waals surface area contributed by atoms with Crippen LogP contribution in [0.1, 0.15) is 23.8 Å². The van der Waals surface area contributed by atoms with Gasteiger partial charge in [0.1, 0.15) is 17.5 Å². The Kier molecular flexibility index (Phi) is 9.20. The molecular formula is C19H25BN4O6. The molecule has 11 heteroatoms. The zero-order chi connectivity index (χ0) is 21.9. The van der Waals surface area contributed by atoms with Gasteiger partial charge in [0.25, 0.3) is 5.91 Å². The highest BCUT2D eigenvalue weighted by molar-refractivity contribution is 6.43. The van der Waals surface area contributed by atoms with Crippen LogP contribution in [0.5, 0.6) is 5.75 Å². The third-order valence-electron chi connectivity index (χ3n) is 4.33. The number of methoxy groups -OCH3 is 1. The fourth-order valence-electron chi connectivity index (χ4n) is 2.55. The van der Waals surface area contributed by atoms with Crippen LogP contribution in [-0.4, -0.2) is 70.8 Å². The smallest absolute Gasteiger partial charge is 0.475 e. The summed E-state index contributed by atoms with van der Waals surface area (Å²) in [4.78, 5) is 32.8. The normalized spacial score (nSPS) is 13.6. The molecule has 4 N–H and O–H groups in total. The molecule has 0 saturated carbocycles. The van der Waals surface area contributed by atoms with Crippen molar-refractivity contribution in [1.29, 1.82) is 0 Å². The van der Waals surface area contributed by atoms with Crippen molar-refractivity contribution in [1.82, 2.24) is 20.6 Å². The Morgan fingerprint density at radius 2 is 1.90 bits per heavy atom. The summed E-state index contributed by atoms with van der Waals surface area (Å²) >= 11 is 0. The molecule has 2 amide bonds. The standard InChI is InChI=1S/C19H25BN4O6/c1-13(29-2)17(24-18(25)15-12-21-9-10-22-15)19(26)23-16(20(27)28)8-11-30-14-6-4-3-5-7-14/h3-7,9-10,12-13,16-17,27-28H,8,11H2,1-2H3,(H,23,26)(H,24,25)/t13-,16-,17+/m0/s1. The summed E-state index contributed by atoms with van der Waals surface area (Å²) in [6.07, 6.45) is 3.48. The first kappa shape index (κ1) is 23.3. The number of carbonyl (C=O) groups is 2. The fraction of sp³-hybridized carbons (Fsp3) is 0.368. The van der Waals surface area contributed by atoms with Crippen molar-refractivity contribution in [3.05, 3.63) is 54.6 Å². The number of aromatic nitrogens is 2. The second-order valence-electron chi connectivity index (χ2n) is 6.46. The van der Waals surface area contributed by atoms with E-state index in [2.05, 4.69) is 20.6 Å². The maximum atomic E-state index is 12.8. The molecule has 1 aromatic heterocycles. The summed E-state index contributed by atoms with van der Waals surface area (Å²) in [6.45, 7) is 1.74. The SMILES string of the molecule is CO[C@@H](C)[C@@H](NC(=O)c1cnccn1)C(=O)N[C@@H](CCOc1ccccc1)B(O)O. The van der Waals surface area contributed by atoms with Crippen LogP contribution in [0, 0.1) is 0 Å². The van der Waals surface area contributed by atoms with E-state index in [1.165, 1.54) is 25.7 Å². The first-order valence-electron chi connectivity index (χ1n) is 9.36. The lowest BCUT2D eigenvalue weighted by atomic mass is 9.77. The van der Waals surface area contributed by atoms with Crippen LogP contribution in [0.4, 0.5) is 0 Å². The van der Waals surface area contributed by atoms with Gasteiger partial charge in [-0.25, -0.2) is 4.98 Å². The highest BCUT2D eigenvalue weighted by Crippen LogP contribution is 2.09. The van der Waals surface area contributed by atoms with Gasteiger partial charge in [-0.2, -0.15) is 0 Å². The second-order valence-corrected chi connectivity index (χ2v) is 6.46. The van der Waals surface area contributed by atoms with Crippen molar-refractivity contribution in [2.45, 2.75) is 31.4 Å². The highest BCUT2D eigenvalue weighted by atomic mass is 16.5. The molecule has 0 unspecified atom stereocenters. The van der Waals surface area contributed by atoms with E-state index in [1.807, 2.05) is 18.2 Å². The van der Waals surface area contributed by atoms with Crippen LogP contribution in [0.25, 0.3) is 0 Å². The minimum Gasteiger partial charge on any atom is -0.494 e. The van der Waals surface area contributed by atoms with Gasteiger partial charge in [0.15, 0.2) is 0 Å². The van der Waals surface area contributed by atoms with Crippen LogP contribution >= 0.6 is 0 Å². The molecule has 30 heavy (non-hydrogen) atoms. The van der Waals surface area contributed by atoms with Gasteiger partial charge in [0.2, 0.25) is 5.91 Å². The Hall–Kier alpha value is -3.02. The molecule has 0 bridgehead atoms. The minimum absolute atomic E-state index is 0.0357. The topological polar surface area (TPSA) is 143 Å². The van der Waals surface area contributed by atoms with E-state index in [9.17, 15) is 19.6 Å². The van der Waals surface area contributed by atoms with E-state index in [0.717, 1.165) is 0 Å². The van der Waals surface area contributed by atoms with Crippen molar-refractivity contribution in [2.75, 3.05) is 13.7 Å². The average molecular weight is 416 g/mol. The average Bonchev–Trinajstić information content (AvgIpc) is 2.77. The molecule has 0 spiro atoms. The molecule has 160 valence electrons. The number of hydrogen-bond acceptors (Lipinski definition) is 8. The molecule has 0 aliphatic carbocycles. The van der Waals surface area contributed by atoms with Gasteiger partial charge >= 0.3 is 7.12 Å². The van der Waals surface area contributed by atoms with E-state index < -0.39 is 37.0 Å². The second kappa shape index (κ2) is 11.9. The predicted molar refractivity (Wildman–Crippen MR) is 108 cm³/mol. The maximum absolute atomic E-state index is 12.8. The lowest BCUT2D eigenvalue weighted by Crippen LogP contribution is -2.57. The van der Waals surface area contributed by atoms with E-state index >= 15 is 0 Å². The molecule has 2 aromatic rings. The van der Waals surface area contributed by atoms with Gasteiger partial charge in [0.05, 0.1) is 24.8 Å². The van der Waals surface area contributed by atoms with E-state index in [1.54, 1.807) is 19.1 Å². The first-order chi connectivity index (χ1) is 14.4. The Labute approximate surface area is 174 Å². The van der Waals surface area contributed by atoms with Gasteiger partial charge in [-0.05, 0) is 19.1 Å². The number of para-hydroxylation sites is 1. The van der Waals surface area contributed by atoms with Gasteiger partial charge in [-0.1, -0.05) is 18.2 Å². The molecule has 0 fully saturated rings. The molecule has 2 rings (SSSR count). The number of hydrogen-bond donors (Lipinski definition) is 4. The Balaban J connectivity index is 1.99. The van der Waals surface area contributed by atoms with Gasteiger partial charge < -0.3 is 30.2 Å². The number of nitrogens with zero attached hydrogens (tertiary/aromatic N) is 2. The zero-order valence-corrected chi connectivity index (χ0v) is 16.8. The minimum atomic E-state index is -1.82. The first-order valence-corrected chi connectivity index (χ1v) is 9.36. The molecule has 1 heterocycles.